The number of ether oxygens (including phenoxy) is 4. The molecule has 8 nitrogen and oxygen atoms in total. The molecule has 22 heavy (non-hydrogen) atoms. The standard InChI is InChI=1S/C11H26N2O5S.C2H6.H2O.2H2/c1-19(14)13-3-5-16-7-9-18-11-10-17-8-6-15-4-2-12;1-2;;;/h13H,2-12H2,1H3;1-2H3;1H2;2*1H. The monoisotopic (exact) mass is 350 g/mol. The lowest BCUT2D eigenvalue weighted by Gasteiger charge is -2.07. The van der Waals surface area contributed by atoms with Gasteiger partial charge in [-0.15, -0.1) is 0 Å². The van der Waals surface area contributed by atoms with E-state index in [1.54, 1.807) is 6.26 Å². The Hall–Kier alpha value is -0.130. The molecular formula is C13H38N2O6S. The van der Waals surface area contributed by atoms with Crippen molar-refractivity contribution in [2.24, 2.45) is 5.73 Å². The van der Waals surface area contributed by atoms with Crippen molar-refractivity contribution in [2.75, 3.05) is 72.2 Å². The molecule has 0 saturated heterocycles. The number of rotatable bonds is 15. The number of hydrogen-bond donors (Lipinski definition) is 2. The Kier molecular flexibility index (Phi) is 31.4. The molecule has 0 rings (SSSR count). The van der Waals surface area contributed by atoms with E-state index in [4.69, 9.17) is 24.7 Å². The zero-order chi connectivity index (χ0) is 16.2. The molecule has 0 heterocycles. The van der Waals surface area contributed by atoms with Crippen LogP contribution in [-0.2, 0) is 29.9 Å². The van der Waals surface area contributed by atoms with Crippen LogP contribution >= 0.6 is 0 Å². The van der Waals surface area contributed by atoms with Gasteiger partial charge in [0.25, 0.3) is 0 Å². The maximum absolute atomic E-state index is 10.7. The zero-order valence-electron chi connectivity index (χ0n) is 14.1. The largest absolute Gasteiger partial charge is 0.412 e. The summed E-state index contributed by atoms with van der Waals surface area (Å²) in [5, 5.41) is 0. The van der Waals surface area contributed by atoms with Crippen molar-refractivity contribution < 1.29 is 31.5 Å². The molecule has 9 heteroatoms. The third-order valence-electron chi connectivity index (χ3n) is 1.93. The molecule has 0 bridgehead atoms. The van der Waals surface area contributed by atoms with Gasteiger partial charge in [-0.3, -0.25) is 0 Å². The average Bonchev–Trinajstić information content (AvgIpc) is 2.49. The maximum atomic E-state index is 10.7. The molecule has 0 fully saturated rings. The van der Waals surface area contributed by atoms with Crippen LogP contribution in [0.15, 0.2) is 0 Å². The molecule has 0 amide bonds. The normalized spacial score (nSPS) is 11.3. The predicted octanol–water partition coefficient (Wildman–Crippen LogP) is -0.412. The van der Waals surface area contributed by atoms with Gasteiger partial charge in [0, 0.05) is 22.2 Å². The molecule has 0 aliphatic carbocycles. The van der Waals surface area contributed by atoms with Crippen molar-refractivity contribution in [3.63, 3.8) is 0 Å². The van der Waals surface area contributed by atoms with E-state index in [0.717, 1.165) is 0 Å². The SMILES string of the molecule is CC.CS(=O)NCCOCCOCCOCCOCCN.O.[HH].[HH]. The van der Waals surface area contributed by atoms with Gasteiger partial charge < -0.3 is 30.2 Å². The van der Waals surface area contributed by atoms with Crippen LogP contribution in [0.4, 0.5) is 0 Å². The summed E-state index contributed by atoms with van der Waals surface area (Å²) < 4.78 is 34.4. The van der Waals surface area contributed by atoms with Crippen LogP contribution in [0.5, 0.6) is 0 Å². The van der Waals surface area contributed by atoms with Crippen molar-refractivity contribution in [1.82, 2.24) is 4.72 Å². The Balaban J connectivity index is -0.000000231. The Labute approximate surface area is 139 Å². The van der Waals surface area contributed by atoms with E-state index >= 15 is 0 Å². The smallest absolute Gasteiger partial charge is 0.0884 e. The Bertz CT molecular complexity index is 223. The summed E-state index contributed by atoms with van der Waals surface area (Å²) in [5.41, 5.74) is 5.27. The number of nitrogens with one attached hydrogen (secondary N) is 1. The summed E-state index contributed by atoms with van der Waals surface area (Å²) in [6.45, 7) is 9.46. The van der Waals surface area contributed by atoms with Crippen LogP contribution in [-0.4, -0.2) is 81.9 Å². The van der Waals surface area contributed by atoms with Gasteiger partial charge in [0.05, 0.1) is 63.8 Å². The first-order valence-electron chi connectivity index (χ1n) is 7.35. The van der Waals surface area contributed by atoms with Gasteiger partial charge in [-0.25, -0.2) is 8.93 Å². The first-order chi connectivity index (χ1) is 10.3. The third kappa shape index (κ3) is 28.1. The second-order valence-corrected chi connectivity index (χ2v) is 4.78. The molecule has 1 unspecified atom stereocenters. The summed E-state index contributed by atoms with van der Waals surface area (Å²) in [6.07, 6.45) is 1.59. The molecule has 0 saturated carbocycles. The highest BCUT2D eigenvalue weighted by Crippen LogP contribution is 1.82. The third-order valence-corrected chi connectivity index (χ3v) is 2.54. The molecule has 0 aliphatic rings. The zero-order valence-corrected chi connectivity index (χ0v) is 14.9. The average molecular weight is 351 g/mol. The van der Waals surface area contributed by atoms with Crippen molar-refractivity contribution in [3.8, 4) is 0 Å². The lowest BCUT2D eigenvalue weighted by atomic mass is 10.6. The van der Waals surface area contributed by atoms with Gasteiger partial charge in [-0.2, -0.15) is 0 Å². The fraction of sp³-hybridized carbons (Fsp3) is 1.00. The van der Waals surface area contributed by atoms with E-state index in [2.05, 4.69) is 4.72 Å². The molecule has 0 aromatic rings. The summed E-state index contributed by atoms with van der Waals surface area (Å²) in [6, 6.07) is 0. The van der Waals surface area contributed by atoms with Crippen molar-refractivity contribution in [2.45, 2.75) is 13.8 Å². The van der Waals surface area contributed by atoms with E-state index in [9.17, 15) is 4.21 Å². The van der Waals surface area contributed by atoms with Crippen LogP contribution in [0, 0.1) is 0 Å². The van der Waals surface area contributed by atoms with E-state index in [1.807, 2.05) is 13.8 Å². The van der Waals surface area contributed by atoms with Crippen LogP contribution in [0.2, 0.25) is 0 Å². The summed E-state index contributed by atoms with van der Waals surface area (Å²) >= 11 is 0. The Morgan fingerprint density at radius 2 is 1.23 bits per heavy atom. The van der Waals surface area contributed by atoms with Gasteiger partial charge in [0.1, 0.15) is 0 Å². The van der Waals surface area contributed by atoms with E-state index < -0.39 is 11.0 Å². The molecule has 0 aromatic heterocycles. The van der Waals surface area contributed by atoms with Gasteiger partial charge in [-0.1, -0.05) is 13.8 Å². The van der Waals surface area contributed by atoms with Gasteiger partial charge >= 0.3 is 0 Å². The van der Waals surface area contributed by atoms with Crippen molar-refractivity contribution >= 4 is 11.0 Å². The highest BCUT2D eigenvalue weighted by molar-refractivity contribution is 7.82. The fourth-order valence-corrected chi connectivity index (χ4v) is 1.47. The minimum atomic E-state index is -0.977. The topological polar surface area (TPSA) is 124 Å². The van der Waals surface area contributed by atoms with Crippen LogP contribution in [0.25, 0.3) is 0 Å². The highest BCUT2D eigenvalue weighted by Gasteiger charge is 1.93. The van der Waals surface area contributed by atoms with Gasteiger partial charge in [-0.05, 0) is 0 Å². The molecule has 0 spiro atoms. The quantitative estimate of drug-likeness (QED) is 0.387. The molecule has 0 radical (unpaired) electrons. The van der Waals surface area contributed by atoms with Crippen molar-refractivity contribution in [3.05, 3.63) is 0 Å². The summed E-state index contributed by atoms with van der Waals surface area (Å²) in [5.74, 6) is 0. The minimum absolute atomic E-state index is 0. The predicted molar refractivity (Wildman–Crippen MR) is 93.6 cm³/mol. The Morgan fingerprint density at radius 3 is 1.59 bits per heavy atom. The molecular weight excluding hydrogens is 312 g/mol. The second-order valence-electron chi connectivity index (χ2n) is 3.59. The van der Waals surface area contributed by atoms with Crippen LogP contribution < -0.4 is 10.5 Å². The first-order valence-corrected chi connectivity index (χ1v) is 8.91. The first kappa shape index (κ1) is 26.8. The number of nitrogens with two attached hydrogens (primary N) is 1. The van der Waals surface area contributed by atoms with Crippen molar-refractivity contribution in [1.29, 1.82) is 0 Å². The lowest BCUT2D eigenvalue weighted by Crippen LogP contribution is -2.22. The maximum Gasteiger partial charge on any atom is 0.0884 e. The van der Waals surface area contributed by atoms with Crippen LogP contribution in [0.1, 0.15) is 16.7 Å². The van der Waals surface area contributed by atoms with E-state index in [0.29, 0.717) is 65.9 Å². The van der Waals surface area contributed by atoms with Gasteiger partial charge in [0.15, 0.2) is 0 Å². The second kappa shape index (κ2) is 25.8. The number of hydrogen-bond acceptors (Lipinski definition) is 6. The molecule has 1 atom stereocenters. The minimum Gasteiger partial charge on any atom is -0.412 e. The van der Waals surface area contributed by atoms with Crippen LogP contribution in [0.3, 0.4) is 0 Å². The summed E-state index contributed by atoms with van der Waals surface area (Å²) in [4.78, 5) is 0. The summed E-state index contributed by atoms with van der Waals surface area (Å²) in [7, 11) is -0.977. The van der Waals surface area contributed by atoms with E-state index in [-0.39, 0.29) is 8.33 Å². The van der Waals surface area contributed by atoms with Gasteiger partial charge in [0.2, 0.25) is 0 Å². The molecule has 142 valence electrons. The fourth-order valence-electron chi connectivity index (χ4n) is 1.10. The van der Waals surface area contributed by atoms with E-state index in [1.165, 1.54) is 0 Å². The molecule has 5 N–H and O–H groups in total. The highest BCUT2D eigenvalue weighted by atomic mass is 32.2. The molecule has 0 aromatic carbocycles. The Morgan fingerprint density at radius 1 is 0.864 bits per heavy atom. The molecule has 0 aliphatic heterocycles. The lowest BCUT2D eigenvalue weighted by molar-refractivity contribution is -0.000328.